The number of aromatic nitrogens is 1. The number of nitrogens with zero attached hydrogens (tertiary/aromatic N) is 1. The number of hydrogen-bond acceptors (Lipinski definition) is 2. The van der Waals surface area contributed by atoms with Crippen LogP contribution in [0.25, 0.3) is 10.9 Å². The van der Waals surface area contributed by atoms with Crippen molar-refractivity contribution in [1.29, 1.82) is 0 Å². The standard InChI is InChI=1S/C11H8FNO3/c1-13-5-6(11(15)16)10(14)9-7(12)3-2-4-8(9)13/h2-5H,1H3,(H,15,16). The van der Waals surface area contributed by atoms with E-state index in [1.54, 1.807) is 13.1 Å². The Hall–Kier alpha value is -2.17. The van der Waals surface area contributed by atoms with Crippen molar-refractivity contribution in [3.05, 3.63) is 46.0 Å². The molecule has 16 heavy (non-hydrogen) atoms. The van der Waals surface area contributed by atoms with Gasteiger partial charge in [-0.25, -0.2) is 9.18 Å². The molecule has 0 saturated carbocycles. The maximum atomic E-state index is 13.5. The predicted octanol–water partition coefficient (Wildman–Crippen LogP) is 1.38. The average molecular weight is 221 g/mol. The minimum absolute atomic E-state index is 0.190. The number of carboxylic acid groups (broad SMARTS) is 1. The van der Waals surface area contributed by atoms with Crippen LogP contribution < -0.4 is 5.43 Å². The van der Waals surface area contributed by atoms with Crippen LogP contribution in [0.15, 0.2) is 29.2 Å². The number of benzene rings is 1. The summed E-state index contributed by atoms with van der Waals surface area (Å²) in [6.45, 7) is 0. The lowest BCUT2D eigenvalue weighted by Gasteiger charge is -2.06. The summed E-state index contributed by atoms with van der Waals surface area (Å²) in [4.78, 5) is 22.5. The van der Waals surface area contributed by atoms with Gasteiger partial charge in [0.15, 0.2) is 0 Å². The van der Waals surface area contributed by atoms with Crippen LogP contribution in [-0.4, -0.2) is 15.6 Å². The van der Waals surface area contributed by atoms with Gasteiger partial charge < -0.3 is 9.67 Å². The van der Waals surface area contributed by atoms with Crippen LogP contribution in [0.5, 0.6) is 0 Å². The van der Waals surface area contributed by atoms with Gasteiger partial charge in [0.25, 0.3) is 0 Å². The molecule has 4 nitrogen and oxygen atoms in total. The number of aromatic carboxylic acids is 1. The second-order valence-corrected chi connectivity index (χ2v) is 3.42. The largest absolute Gasteiger partial charge is 0.477 e. The summed E-state index contributed by atoms with van der Waals surface area (Å²) in [7, 11) is 1.56. The Kier molecular flexibility index (Phi) is 2.23. The van der Waals surface area contributed by atoms with Gasteiger partial charge in [-0.3, -0.25) is 4.79 Å². The third-order valence-electron chi connectivity index (χ3n) is 2.40. The van der Waals surface area contributed by atoms with Crippen molar-refractivity contribution in [2.45, 2.75) is 0 Å². The van der Waals surface area contributed by atoms with E-state index in [0.717, 1.165) is 6.07 Å². The summed E-state index contributed by atoms with van der Waals surface area (Å²) in [5.74, 6) is -2.06. The molecule has 1 heterocycles. The molecule has 0 aliphatic rings. The van der Waals surface area contributed by atoms with Gasteiger partial charge in [0, 0.05) is 13.2 Å². The summed E-state index contributed by atoms with van der Waals surface area (Å²) >= 11 is 0. The van der Waals surface area contributed by atoms with Crippen molar-refractivity contribution in [3.63, 3.8) is 0 Å². The van der Waals surface area contributed by atoms with E-state index in [-0.39, 0.29) is 5.39 Å². The number of halogens is 1. The molecule has 1 aromatic carbocycles. The highest BCUT2D eigenvalue weighted by molar-refractivity contribution is 5.92. The van der Waals surface area contributed by atoms with E-state index in [0.29, 0.717) is 5.52 Å². The highest BCUT2D eigenvalue weighted by Crippen LogP contribution is 2.14. The molecule has 2 aromatic rings. The molecule has 0 aliphatic heterocycles. The van der Waals surface area contributed by atoms with Crippen molar-refractivity contribution in [2.75, 3.05) is 0 Å². The maximum Gasteiger partial charge on any atom is 0.341 e. The van der Waals surface area contributed by atoms with E-state index in [1.807, 2.05) is 0 Å². The van der Waals surface area contributed by atoms with Crippen LogP contribution >= 0.6 is 0 Å². The van der Waals surface area contributed by atoms with Crippen LogP contribution in [0.1, 0.15) is 10.4 Å². The Balaban J connectivity index is 3.04. The second kappa shape index (κ2) is 3.44. The monoisotopic (exact) mass is 221 g/mol. The molecule has 0 radical (unpaired) electrons. The lowest BCUT2D eigenvalue weighted by Crippen LogP contribution is -2.18. The third kappa shape index (κ3) is 1.37. The first-order valence-electron chi connectivity index (χ1n) is 4.53. The van der Waals surface area contributed by atoms with E-state index in [1.165, 1.54) is 16.8 Å². The summed E-state index contributed by atoms with van der Waals surface area (Å²) in [5.41, 5.74) is -0.853. The zero-order valence-electron chi connectivity index (χ0n) is 8.40. The Labute approximate surface area is 89.6 Å². The molecule has 0 atom stereocenters. The summed E-state index contributed by atoms with van der Waals surface area (Å²) in [6.07, 6.45) is 1.19. The molecule has 82 valence electrons. The molecule has 0 aliphatic carbocycles. The first-order valence-corrected chi connectivity index (χ1v) is 4.53. The van der Waals surface area contributed by atoms with Crippen molar-refractivity contribution in [3.8, 4) is 0 Å². The average Bonchev–Trinajstić information content (AvgIpc) is 2.22. The molecular formula is C11H8FNO3. The quantitative estimate of drug-likeness (QED) is 0.791. The molecule has 0 bridgehead atoms. The minimum Gasteiger partial charge on any atom is -0.477 e. The maximum absolute atomic E-state index is 13.5. The zero-order valence-corrected chi connectivity index (χ0v) is 8.40. The Morgan fingerprint density at radius 2 is 2.12 bits per heavy atom. The van der Waals surface area contributed by atoms with Gasteiger partial charge in [-0.15, -0.1) is 0 Å². The van der Waals surface area contributed by atoms with Gasteiger partial charge in [-0.2, -0.15) is 0 Å². The molecule has 1 N–H and O–H groups in total. The number of rotatable bonds is 1. The van der Waals surface area contributed by atoms with Crippen molar-refractivity contribution in [2.24, 2.45) is 7.05 Å². The van der Waals surface area contributed by atoms with E-state index < -0.39 is 22.8 Å². The van der Waals surface area contributed by atoms with Gasteiger partial charge in [-0.1, -0.05) is 6.07 Å². The zero-order chi connectivity index (χ0) is 11.9. The number of fused-ring (bicyclic) bond motifs is 1. The molecule has 2 rings (SSSR count). The van der Waals surface area contributed by atoms with Gasteiger partial charge in [0.2, 0.25) is 5.43 Å². The van der Waals surface area contributed by atoms with Gasteiger partial charge in [0.05, 0.1) is 10.9 Å². The second-order valence-electron chi connectivity index (χ2n) is 3.42. The van der Waals surface area contributed by atoms with Crippen molar-refractivity contribution >= 4 is 16.9 Å². The first kappa shape index (κ1) is 10.4. The van der Waals surface area contributed by atoms with Crippen LogP contribution in [-0.2, 0) is 7.05 Å². The van der Waals surface area contributed by atoms with E-state index in [2.05, 4.69) is 0 Å². The summed E-state index contributed by atoms with van der Waals surface area (Å²) in [5, 5.41) is 8.61. The van der Waals surface area contributed by atoms with Crippen LogP contribution in [0, 0.1) is 5.82 Å². The smallest absolute Gasteiger partial charge is 0.341 e. The Morgan fingerprint density at radius 1 is 1.44 bits per heavy atom. The number of carbonyl (C=O) groups is 1. The molecular weight excluding hydrogens is 213 g/mol. The topological polar surface area (TPSA) is 59.3 Å². The Bertz CT molecular complexity index is 645. The van der Waals surface area contributed by atoms with Crippen LogP contribution in [0.3, 0.4) is 0 Å². The fraction of sp³-hybridized carbons (Fsp3) is 0.0909. The van der Waals surface area contributed by atoms with E-state index in [9.17, 15) is 14.0 Å². The molecule has 0 fully saturated rings. The number of hydrogen-bond donors (Lipinski definition) is 1. The predicted molar refractivity (Wildman–Crippen MR) is 56.1 cm³/mol. The molecule has 0 saturated heterocycles. The van der Waals surface area contributed by atoms with Crippen molar-refractivity contribution in [1.82, 2.24) is 4.57 Å². The summed E-state index contributed by atoms with van der Waals surface area (Å²) < 4.78 is 14.9. The molecule has 0 amide bonds. The van der Waals surface area contributed by atoms with Crippen molar-refractivity contribution < 1.29 is 14.3 Å². The fourth-order valence-corrected chi connectivity index (χ4v) is 1.64. The van der Waals surface area contributed by atoms with E-state index in [4.69, 9.17) is 5.11 Å². The van der Waals surface area contributed by atoms with E-state index >= 15 is 0 Å². The lowest BCUT2D eigenvalue weighted by atomic mass is 10.1. The lowest BCUT2D eigenvalue weighted by molar-refractivity contribution is 0.0695. The molecule has 5 heteroatoms. The van der Waals surface area contributed by atoms with Crippen LogP contribution in [0.2, 0.25) is 0 Å². The molecule has 1 aromatic heterocycles. The Morgan fingerprint density at radius 3 is 2.75 bits per heavy atom. The molecule has 0 spiro atoms. The minimum atomic E-state index is -1.36. The number of pyridine rings is 1. The number of carboxylic acids is 1. The number of aryl methyl sites for hydroxylation is 1. The fourth-order valence-electron chi connectivity index (χ4n) is 1.64. The van der Waals surface area contributed by atoms with Gasteiger partial charge in [0.1, 0.15) is 11.4 Å². The highest BCUT2D eigenvalue weighted by atomic mass is 19.1. The summed E-state index contributed by atoms with van der Waals surface area (Å²) in [6, 6.07) is 4.17. The SMILES string of the molecule is Cn1cc(C(=O)O)c(=O)c2c(F)cccc21. The van der Waals surface area contributed by atoms with Gasteiger partial charge in [-0.05, 0) is 12.1 Å². The molecule has 0 unspecified atom stereocenters. The highest BCUT2D eigenvalue weighted by Gasteiger charge is 2.15. The first-order chi connectivity index (χ1) is 7.52. The van der Waals surface area contributed by atoms with Gasteiger partial charge >= 0.3 is 5.97 Å². The third-order valence-corrected chi connectivity index (χ3v) is 2.40. The van der Waals surface area contributed by atoms with Crippen LogP contribution in [0.4, 0.5) is 4.39 Å². The normalized spacial score (nSPS) is 10.6.